The smallest absolute Gasteiger partial charge is 0.141 e. The van der Waals surface area contributed by atoms with Crippen LogP contribution in [-0.4, -0.2) is 37.1 Å². The number of nitrogen functional groups attached to an aromatic ring is 1. The van der Waals surface area contributed by atoms with Crippen molar-refractivity contribution in [3.05, 3.63) is 23.9 Å². The minimum absolute atomic E-state index is 0.00677. The van der Waals surface area contributed by atoms with Gasteiger partial charge < -0.3 is 15.4 Å². The van der Waals surface area contributed by atoms with Gasteiger partial charge in [0.05, 0.1) is 6.61 Å². The molecule has 1 heterocycles. The number of ether oxygens (including phenoxy) is 1. The Morgan fingerprint density at radius 2 is 2.28 bits per heavy atom. The Morgan fingerprint density at radius 1 is 1.56 bits per heavy atom. The first-order valence-electron chi connectivity index (χ1n) is 6.17. The summed E-state index contributed by atoms with van der Waals surface area (Å²) < 4.78 is 5.13. The molecule has 1 rings (SSSR count). The number of nitrogens with two attached hydrogens (primary N) is 1. The third kappa shape index (κ3) is 3.70. The van der Waals surface area contributed by atoms with E-state index < -0.39 is 0 Å². The molecule has 0 aliphatic rings. The van der Waals surface area contributed by atoms with Crippen LogP contribution in [0.3, 0.4) is 0 Å². The summed E-state index contributed by atoms with van der Waals surface area (Å²) in [6.07, 6.45) is 1.02. The van der Waals surface area contributed by atoms with Crippen LogP contribution in [0.2, 0.25) is 0 Å². The molecule has 0 amide bonds. The molecule has 0 aromatic carbocycles. The highest BCUT2D eigenvalue weighted by molar-refractivity contribution is 5.93. The Bertz CT molecular complexity index is 394. The van der Waals surface area contributed by atoms with Crippen molar-refractivity contribution in [1.29, 1.82) is 5.41 Å². The van der Waals surface area contributed by atoms with E-state index in [1.807, 2.05) is 12.1 Å². The molecule has 0 saturated heterocycles. The van der Waals surface area contributed by atoms with Crippen LogP contribution >= 0.6 is 0 Å². The lowest BCUT2D eigenvalue weighted by Gasteiger charge is -2.29. The summed E-state index contributed by atoms with van der Waals surface area (Å²) in [4.78, 5) is 6.59. The molecule has 18 heavy (non-hydrogen) atoms. The van der Waals surface area contributed by atoms with Crippen molar-refractivity contribution in [2.75, 3.05) is 25.2 Å². The highest BCUT2D eigenvalue weighted by Crippen LogP contribution is 2.16. The van der Waals surface area contributed by atoms with Gasteiger partial charge in [-0.2, -0.15) is 0 Å². The van der Waals surface area contributed by atoms with Gasteiger partial charge in [0.15, 0.2) is 0 Å². The van der Waals surface area contributed by atoms with Crippen LogP contribution in [0.4, 0.5) is 5.82 Å². The number of hydrogen-bond donors (Lipinski definition) is 2. The molecule has 1 unspecified atom stereocenters. The summed E-state index contributed by atoms with van der Waals surface area (Å²) in [5, 5.41) is 7.44. The Morgan fingerprint density at radius 3 is 2.83 bits per heavy atom. The second-order valence-electron chi connectivity index (χ2n) is 4.24. The molecule has 0 fully saturated rings. The predicted octanol–water partition coefficient (Wildman–Crippen LogP) is 1.62. The van der Waals surface area contributed by atoms with Gasteiger partial charge in [-0.25, -0.2) is 4.98 Å². The Labute approximate surface area is 108 Å². The van der Waals surface area contributed by atoms with E-state index in [-0.39, 0.29) is 5.84 Å². The zero-order valence-electron chi connectivity index (χ0n) is 11.3. The molecule has 0 aliphatic heterocycles. The number of aromatic nitrogens is 1. The standard InChI is InChI=1S/C13H22N4O/c1-4-10(2)17(8-9-18-3)12-7-5-6-11(16-12)13(14)15/h5-7,10H,4,8-9H2,1-3H3,(H3,14,15). The first-order chi connectivity index (χ1) is 8.60. The van der Waals surface area contributed by atoms with E-state index in [2.05, 4.69) is 23.7 Å². The van der Waals surface area contributed by atoms with Gasteiger partial charge in [-0.3, -0.25) is 5.41 Å². The van der Waals surface area contributed by atoms with Gasteiger partial charge >= 0.3 is 0 Å². The lowest BCUT2D eigenvalue weighted by atomic mass is 10.2. The number of pyridine rings is 1. The van der Waals surface area contributed by atoms with Gasteiger partial charge in [-0.05, 0) is 25.5 Å². The molecule has 1 atom stereocenters. The van der Waals surface area contributed by atoms with Crippen LogP contribution in [0.5, 0.6) is 0 Å². The summed E-state index contributed by atoms with van der Waals surface area (Å²) in [6.45, 7) is 5.72. The highest BCUT2D eigenvalue weighted by atomic mass is 16.5. The van der Waals surface area contributed by atoms with Crippen molar-refractivity contribution in [3.8, 4) is 0 Å². The molecule has 0 aliphatic carbocycles. The minimum atomic E-state index is -0.00677. The third-order valence-electron chi connectivity index (χ3n) is 2.96. The van der Waals surface area contributed by atoms with Crippen molar-refractivity contribution >= 4 is 11.7 Å². The maximum Gasteiger partial charge on any atom is 0.141 e. The maximum absolute atomic E-state index is 7.44. The first-order valence-corrected chi connectivity index (χ1v) is 6.17. The fourth-order valence-corrected chi connectivity index (χ4v) is 1.70. The zero-order valence-corrected chi connectivity index (χ0v) is 11.3. The second-order valence-corrected chi connectivity index (χ2v) is 4.24. The molecule has 0 radical (unpaired) electrons. The summed E-state index contributed by atoms with van der Waals surface area (Å²) in [5.41, 5.74) is 5.98. The maximum atomic E-state index is 7.44. The molecule has 100 valence electrons. The minimum Gasteiger partial charge on any atom is -0.383 e. The number of nitrogens with zero attached hydrogens (tertiary/aromatic N) is 2. The summed E-state index contributed by atoms with van der Waals surface area (Å²) in [7, 11) is 1.69. The SMILES string of the molecule is CCC(C)N(CCOC)c1cccc(C(=N)N)n1. The fraction of sp³-hybridized carbons (Fsp3) is 0.538. The van der Waals surface area contributed by atoms with E-state index in [1.165, 1.54) is 0 Å². The molecule has 1 aromatic heterocycles. The van der Waals surface area contributed by atoms with Crippen LogP contribution in [0.25, 0.3) is 0 Å². The average molecular weight is 250 g/mol. The van der Waals surface area contributed by atoms with Gasteiger partial charge in [-0.1, -0.05) is 13.0 Å². The van der Waals surface area contributed by atoms with Gasteiger partial charge in [0.1, 0.15) is 17.3 Å². The number of methoxy groups -OCH3 is 1. The molecule has 5 heteroatoms. The predicted molar refractivity (Wildman–Crippen MR) is 74.2 cm³/mol. The van der Waals surface area contributed by atoms with Crippen LogP contribution < -0.4 is 10.6 Å². The van der Waals surface area contributed by atoms with Crippen molar-refractivity contribution in [1.82, 2.24) is 4.98 Å². The molecule has 5 nitrogen and oxygen atoms in total. The quantitative estimate of drug-likeness (QED) is 0.569. The number of hydrogen-bond acceptors (Lipinski definition) is 4. The largest absolute Gasteiger partial charge is 0.383 e. The van der Waals surface area contributed by atoms with E-state index in [4.69, 9.17) is 15.9 Å². The molecule has 1 aromatic rings. The van der Waals surface area contributed by atoms with E-state index in [1.54, 1.807) is 13.2 Å². The fourth-order valence-electron chi connectivity index (χ4n) is 1.70. The number of nitrogens with one attached hydrogen (secondary N) is 1. The van der Waals surface area contributed by atoms with Gasteiger partial charge in [0, 0.05) is 19.7 Å². The number of anilines is 1. The summed E-state index contributed by atoms with van der Waals surface area (Å²) >= 11 is 0. The third-order valence-corrected chi connectivity index (χ3v) is 2.96. The first kappa shape index (κ1) is 14.4. The molecule has 0 bridgehead atoms. The Kier molecular flexibility index (Phi) is 5.58. The lowest BCUT2D eigenvalue weighted by Crippen LogP contribution is -2.36. The topological polar surface area (TPSA) is 75.2 Å². The van der Waals surface area contributed by atoms with E-state index in [9.17, 15) is 0 Å². The number of amidine groups is 1. The lowest BCUT2D eigenvalue weighted by molar-refractivity contribution is 0.203. The van der Waals surface area contributed by atoms with Crippen molar-refractivity contribution < 1.29 is 4.74 Å². The molecule has 0 spiro atoms. The van der Waals surface area contributed by atoms with Crippen molar-refractivity contribution in [3.63, 3.8) is 0 Å². The van der Waals surface area contributed by atoms with Crippen LogP contribution in [0, 0.1) is 5.41 Å². The van der Waals surface area contributed by atoms with Crippen molar-refractivity contribution in [2.45, 2.75) is 26.3 Å². The van der Waals surface area contributed by atoms with E-state index in [0.29, 0.717) is 18.3 Å². The summed E-state index contributed by atoms with van der Waals surface area (Å²) in [6, 6.07) is 5.93. The van der Waals surface area contributed by atoms with E-state index >= 15 is 0 Å². The van der Waals surface area contributed by atoms with Crippen LogP contribution in [0.1, 0.15) is 26.0 Å². The Hall–Kier alpha value is -1.62. The Balaban J connectivity index is 2.96. The molecule has 3 N–H and O–H groups in total. The van der Waals surface area contributed by atoms with Crippen LogP contribution in [-0.2, 0) is 4.74 Å². The van der Waals surface area contributed by atoms with Gasteiger partial charge in [0.25, 0.3) is 0 Å². The zero-order chi connectivity index (χ0) is 13.5. The average Bonchev–Trinajstić information content (AvgIpc) is 2.39. The monoisotopic (exact) mass is 250 g/mol. The normalized spacial score (nSPS) is 12.2. The second kappa shape index (κ2) is 6.96. The molecule has 0 saturated carbocycles. The number of rotatable bonds is 7. The van der Waals surface area contributed by atoms with Gasteiger partial charge in [-0.15, -0.1) is 0 Å². The van der Waals surface area contributed by atoms with E-state index in [0.717, 1.165) is 18.8 Å². The van der Waals surface area contributed by atoms with Crippen molar-refractivity contribution in [2.24, 2.45) is 5.73 Å². The summed E-state index contributed by atoms with van der Waals surface area (Å²) in [5.74, 6) is 0.835. The highest BCUT2D eigenvalue weighted by Gasteiger charge is 2.14. The molecular formula is C13H22N4O. The molecular weight excluding hydrogens is 228 g/mol. The van der Waals surface area contributed by atoms with Crippen LogP contribution in [0.15, 0.2) is 18.2 Å². The van der Waals surface area contributed by atoms with Gasteiger partial charge in [0.2, 0.25) is 0 Å².